The SMILES string of the molecule is COc1ccccc1CNC(=O)C1CC1C(=O)NCc1ccccc1OC. The summed E-state index contributed by atoms with van der Waals surface area (Å²) in [5, 5.41) is 5.79. The van der Waals surface area contributed by atoms with E-state index in [-0.39, 0.29) is 23.7 Å². The normalized spacial score (nSPS) is 17.7. The highest BCUT2D eigenvalue weighted by Gasteiger charge is 2.47. The Bertz CT molecular complexity index is 754. The van der Waals surface area contributed by atoms with Crippen molar-refractivity contribution in [3.63, 3.8) is 0 Å². The van der Waals surface area contributed by atoms with Crippen LogP contribution in [0.25, 0.3) is 0 Å². The van der Waals surface area contributed by atoms with Crippen LogP contribution < -0.4 is 20.1 Å². The van der Waals surface area contributed by atoms with Crippen molar-refractivity contribution in [2.75, 3.05) is 14.2 Å². The van der Waals surface area contributed by atoms with E-state index in [1.165, 1.54) is 0 Å². The summed E-state index contributed by atoms with van der Waals surface area (Å²) in [6.07, 6.45) is 0.579. The van der Waals surface area contributed by atoms with Gasteiger partial charge in [0.2, 0.25) is 11.8 Å². The van der Waals surface area contributed by atoms with Crippen LogP contribution in [0.5, 0.6) is 11.5 Å². The third-order valence-electron chi connectivity index (χ3n) is 4.76. The van der Waals surface area contributed by atoms with Crippen molar-refractivity contribution in [3.8, 4) is 11.5 Å². The van der Waals surface area contributed by atoms with Crippen LogP contribution in [-0.4, -0.2) is 26.0 Å². The zero-order valence-corrected chi connectivity index (χ0v) is 15.5. The zero-order valence-electron chi connectivity index (χ0n) is 15.5. The second-order valence-electron chi connectivity index (χ2n) is 6.51. The number of methoxy groups -OCH3 is 2. The lowest BCUT2D eigenvalue weighted by Gasteiger charge is -2.10. The Labute approximate surface area is 158 Å². The summed E-state index contributed by atoms with van der Waals surface area (Å²) < 4.78 is 10.6. The molecule has 6 heteroatoms. The fourth-order valence-electron chi connectivity index (χ4n) is 3.10. The Morgan fingerprint density at radius 3 is 1.63 bits per heavy atom. The number of para-hydroxylation sites is 2. The minimum atomic E-state index is -0.266. The predicted molar refractivity (Wildman–Crippen MR) is 101 cm³/mol. The molecule has 2 aromatic carbocycles. The summed E-state index contributed by atoms with van der Waals surface area (Å²) in [5.74, 6) is 0.742. The molecular formula is C21H24N2O4. The molecule has 27 heavy (non-hydrogen) atoms. The molecule has 0 radical (unpaired) electrons. The van der Waals surface area contributed by atoms with Gasteiger partial charge in [-0.15, -0.1) is 0 Å². The lowest BCUT2D eigenvalue weighted by atomic mass is 10.2. The Balaban J connectivity index is 1.47. The van der Waals surface area contributed by atoms with Crippen LogP contribution in [0.2, 0.25) is 0 Å². The number of nitrogens with one attached hydrogen (secondary N) is 2. The highest BCUT2D eigenvalue weighted by molar-refractivity contribution is 5.92. The van der Waals surface area contributed by atoms with E-state index in [0.717, 1.165) is 22.6 Å². The molecule has 1 fully saturated rings. The molecule has 1 aliphatic rings. The third kappa shape index (κ3) is 4.58. The molecule has 0 saturated heterocycles. The van der Waals surface area contributed by atoms with Crippen LogP contribution in [0.4, 0.5) is 0 Å². The number of carbonyl (C=O) groups is 2. The standard InChI is InChI=1S/C21H24N2O4/c1-26-18-9-5-3-7-14(18)12-22-20(24)16-11-17(16)21(25)23-13-15-8-4-6-10-19(15)27-2/h3-10,16-17H,11-13H2,1-2H3,(H,22,24)(H,23,25). The van der Waals surface area contributed by atoms with Gasteiger partial charge >= 0.3 is 0 Å². The molecule has 142 valence electrons. The molecule has 0 aromatic heterocycles. The van der Waals surface area contributed by atoms with Crippen molar-refractivity contribution in [3.05, 3.63) is 59.7 Å². The number of rotatable bonds is 8. The van der Waals surface area contributed by atoms with Crippen LogP contribution in [-0.2, 0) is 22.7 Å². The summed E-state index contributed by atoms with van der Waals surface area (Å²) in [6.45, 7) is 0.768. The average Bonchev–Trinajstić information content (AvgIpc) is 3.51. The molecule has 6 nitrogen and oxygen atoms in total. The van der Waals surface area contributed by atoms with E-state index < -0.39 is 0 Å². The van der Waals surface area contributed by atoms with Crippen molar-refractivity contribution in [1.82, 2.24) is 10.6 Å². The van der Waals surface area contributed by atoms with E-state index in [4.69, 9.17) is 9.47 Å². The fourth-order valence-corrected chi connectivity index (χ4v) is 3.10. The van der Waals surface area contributed by atoms with E-state index in [2.05, 4.69) is 10.6 Å². The van der Waals surface area contributed by atoms with Gasteiger partial charge in [-0.25, -0.2) is 0 Å². The van der Waals surface area contributed by atoms with Gasteiger partial charge in [-0.3, -0.25) is 9.59 Å². The molecule has 1 aliphatic carbocycles. The monoisotopic (exact) mass is 368 g/mol. The Kier molecular flexibility index (Phi) is 5.96. The van der Waals surface area contributed by atoms with Crippen molar-refractivity contribution >= 4 is 11.8 Å². The molecule has 2 atom stereocenters. The summed E-state index contributed by atoms with van der Waals surface area (Å²) in [7, 11) is 3.20. The zero-order chi connectivity index (χ0) is 19.2. The number of hydrogen-bond acceptors (Lipinski definition) is 4. The van der Waals surface area contributed by atoms with Gasteiger partial charge < -0.3 is 20.1 Å². The number of ether oxygens (including phenoxy) is 2. The first-order chi connectivity index (χ1) is 13.1. The summed E-state index contributed by atoms with van der Waals surface area (Å²) in [6, 6.07) is 15.1. The highest BCUT2D eigenvalue weighted by Crippen LogP contribution is 2.39. The highest BCUT2D eigenvalue weighted by atomic mass is 16.5. The molecule has 2 amide bonds. The molecular weight excluding hydrogens is 344 g/mol. The van der Waals surface area contributed by atoms with Crippen molar-refractivity contribution < 1.29 is 19.1 Å². The van der Waals surface area contributed by atoms with Crippen molar-refractivity contribution in [2.45, 2.75) is 19.5 Å². The minimum Gasteiger partial charge on any atom is -0.496 e. The molecule has 2 unspecified atom stereocenters. The fraction of sp³-hybridized carbons (Fsp3) is 0.333. The van der Waals surface area contributed by atoms with E-state index >= 15 is 0 Å². The van der Waals surface area contributed by atoms with Crippen molar-refractivity contribution in [1.29, 1.82) is 0 Å². The number of carbonyl (C=O) groups excluding carboxylic acids is 2. The largest absolute Gasteiger partial charge is 0.496 e. The third-order valence-corrected chi connectivity index (χ3v) is 4.76. The van der Waals surface area contributed by atoms with Crippen LogP contribution in [0, 0.1) is 11.8 Å². The predicted octanol–water partition coefficient (Wildman–Crippen LogP) is 2.27. The first-order valence-electron chi connectivity index (χ1n) is 8.93. The lowest BCUT2D eigenvalue weighted by Crippen LogP contribution is -2.29. The molecule has 2 aromatic rings. The van der Waals surface area contributed by atoms with E-state index in [9.17, 15) is 9.59 Å². The topological polar surface area (TPSA) is 76.7 Å². The maximum Gasteiger partial charge on any atom is 0.224 e. The summed E-state index contributed by atoms with van der Waals surface area (Å²) in [4.78, 5) is 24.6. The minimum absolute atomic E-state index is 0.0988. The van der Waals surface area contributed by atoms with Crippen LogP contribution in [0.1, 0.15) is 17.5 Å². The Morgan fingerprint density at radius 2 is 1.22 bits per heavy atom. The first kappa shape index (κ1) is 18.8. The number of hydrogen-bond donors (Lipinski definition) is 2. The maximum absolute atomic E-state index is 12.3. The number of benzene rings is 2. The van der Waals surface area contributed by atoms with E-state index in [0.29, 0.717) is 19.5 Å². The summed E-state index contributed by atoms with van der Waals surface area (Å²) >= 11 is 0. The number of amides is 2. The second kappa shape index (κ2) is 8.58. The van der Waals surface area contributed by atoms with Gasteiger partial charge in [0.05, 0.1) is 26.1 Å². The van der Waals surface area contributed by atoms with Crippen LogP contribution >= 0.6 is 0 Å². The smallest absolute Gasteiger partial charge is 0.224 e. The van der Waals surface area contributed by atoms with Gasteiger partial charge in [0.25, 0.3) is 0 Å². The van der Waals surface area contributed by atoms with E-state index in [1.807, 2.05) is 48.5 Å². The molecule has 0 bridgehead atoms. The van der Waals surface area contributed by atoms with Gasteiger partial charge in [-0.1, -0.05) is 36.4 Å². The summed E-state index contributed by atoms with van der Waals surface area (Å²) in [5.41, 5.74) is 1.82. The first-order valence-corrected chi connectivity index (χ1v) is 8.93. The molecule has 3 rings (SSSR count). The van der Waals surface area contributed by atoms with E-state index in [1.54, 1.807) is 14.2 Å². The molecule has 0 aliphatic heterocycles. The van der Waals surface area contributed by atoms with Gasteiger partial charge in [0.15, 0.2) is 0 Å². The maximum atomic E-state index is 12.3. The van der Waals surface area contributed by atoms with Gasteiger partial charge in [0, 0.05) is 24.2 Å². The second-order valence-corrected chi connectivity index (χ2v) is 6.51. The van der Waals surface area contributed by atoms with Crippen molar-refractivity contribution in [2.24, 2.45) is 11.8 Å². The molecule has 2 N–H and O–H groups in total. The Hall–Kier alpha value is -3.02. The lowest BCUT2D eigenvalue weighted by molar-refractivity contribution is -0.127. The van der Waals surface area contributed by atoms with Gasteiger partial charge in [-0.05, 0) is 18.6 Å². The van der Waals surface area contributed by atoms with Gasteiger partial charge in [0.1, 0.15) is 11.5 Å². The Morgan fingerprint density at radius 1 is 0.815 bits per heavy atom. The molecule has 0 heterocycles. The quantitative estimate of drug-likeness (QED) is 0.749. The van der Waals surface area contributed by atoms with Crippen LogP contribution in [0.15, 0.2) is 48.5 Å². The average molecular weight is 368 g/mol. The van der Waals surface area contributed by atoms with Gasteiger partial charge in [-0.2, -0.15) is 0 Å². The van der Waals surface area contributed by atoms with Crippen LogP contribution in [0.3, 0.4) is 0 Å². The molecule has 0 spiro atoms. The molecule has 1 saturated carbocycles.